The molecule has 13 heavy (non-hydrogen) atoms. The molecule has 0 saturated heterocycles. The predicted octanol–water partition coefficient (Wildman–Crippen LogP) is 1.72. The van der Waals surface area contributed by atoms with Gasteiger partial charge in [-0.1, -0.05) is 0 Å². The van der Waals surface area contributed by atoms with E-state index < -0.39 is 5.97 Å². The van der Waals surface area contributed by atoms with Gasteiger partial charge < -0.3 is 5.11 Å². The summed E-state index contributed by atoms with van der Waals surface area (Å²) in [7, 11) is 0. The van der Waals surface area contributed by atoms with Crippen molar-refractivity contribution in [3.8, 4) is 6.07 Å². The van der Waals surface area contributed by atoms with E-state index in [1.165, 1.54) is 6.07 Å². The predicted molar refractivity (Wildman–Crippen MR) is 48.3 cm³/mol. The summed E-state index contributed by atoms with van der Waals surface area (Å²) in [6.07, 6.45) is 0. The summed E-state index contributed by atoms with van der Waals surface area (Å²) in [4.78, 5) is 14.5. The van der Waals surface area contributed by atoms with Gasteiger partial charge in [0.2, 0.25) is 0 Å². The second kappa shape index (κ2) is 3.54. The van der Waals surface area contributed by atoms with Crippen LogP contribution in [0.2, 0.25) is 0 Å². The molecule has 1 aromatic rings. The van der Waals surface area contributed by atoms with Gasteiger partial charge in [-0.3, -0.25) is 0 Å². The molecule has 0 radical (unpaired) electrons. The molecule has 0 fully saturated rings. The second-order valence-electron chi connectivity index (χ2n) is 2.37. The topological polar surface area (TPSA) is 74.0 Å². The molecule has 0 atom stereocenters. The number of carboxylic acid groups (broad SMARTS) is 1. The number of rotatable bonds is 1. The van der Waals surface area contributed by atoms with Crippen molar-refractivity contribution in [1.29, 1.82) is 5.26 Å². The average Bonchev–Trinajstić information content (AvgIpc) is 2.02. The highest BCUT2D eigenvalue weighted by atomic mass is 79.9. The van der Waals surface area contributed by atoms with Gasteiger partial charge in [-0.25, -0.2) is 9.78 Å². The highest BCUT2D eigenvalue weighted by Crippen LogP contribution is 2.19. The van der Waals surface area contributed by atoms with E-state index in [4.69, 9.17) is 10.4 Å². The van der Waals surface area contributed by atoms with Gasteiger partial charge in [-0.05, 0) is 28.9 Å². The summed E-state index contributed by atoms with van der Waals surface area (Å²) >= 11 is 3.07. The number of halogens is 1. The zero-order chi connectivity index (χ0) is 10.0. The van der Waals surface area contributed by atoms with E-state index in [0.717, 1.165) is 0 Å². The van der Waals surface area contributed by atoms with Crippen molar-refractivity contribution >= 4 is 21.9 Å². The van der Waals surface area contributed by atoms with E-state index in [1.54, 1.807) is 6.92 Å². The Labute approximate surface area is 83.0 Å². The van der Waals surface area contributed by atoms with E-state index in [9.17, 15) is 4.79 Å². The van der Waals surface area contributed by atoms with E-state index in [1.807, 2.05) is 6.07 Å². The number of hydrogen-bond acceptors (Lipinski definition) is 3. The molecule has 0 bridgehead atoms. The number of nitrogens with zero attached hydrogens (tertiary/aromatic N) is 2. The molecule has 66 valence electrons. The van der Waals surface area contributed by atoms with Gasteiger partial charge in [0, 0.05) is 4.47 Å². The Morgan fingerprint density at radius 3 is 2.77 bits per heavy atom. The minimum atomic E-state index is -1.05. The standard InChI is InChI=1S/C8H5BrN2O2/c1-4-7(8(12)13)6(9)2-5(3-10)11-4/h2H,1H3,(H,12,13). The maximum absolute atomic E-state index is 10.7. The highest BCUT2D eigenvalue weighted by Gasteiger charge is 2.13. The number of carboxylic acids is 1. The van der Waals surface area contributed by atoms with E-state index >= 15 is 0 Å². The van der Waals surface area contributed by atoms with Gasteiger partial charge in [0.1, 0.15) is 11.8 Å². The first-order chi connectivity index (χ1) is 6.06. The lowest BCUT2D eigenvalue weighted by atomic mass is 10.2. The minimum absolute atomic E-state index is 0.0963. The third-order valence-electron chi connectivity index (χ3n) is 1.48. The molecule has 0 spiro atoms. The molecule has 1 rings (SSSR count). The zero-order valence-corrected chi connectivity index (χ0v) is 8.29. The van der Waals surface area contributed by atoms with Crippen LogP contribution in [0.25, 0.3) is 0 Å². The molecule has 1 aromatic heterocycles. The molecule has 0 aromatic carbocycles. The van der Waals surface area contributed by atoms with Crippen molar-refractivity contribution in [3.63, 3.8) is 0 Å². The highest BCUT2D eigenvalue weighted by molar-refractivity contribution is 9.10. The van der Waals surface area contributed by atoms with Crippen molar-refractivity contribution < 1.29 is 9.90 Å². The van der Waals surface area contributed by atoms with Crippen LogP contribution < -0.4 is 0 Å². The van der Waals surface area contributed by atoms with Crippen LogP contribution in [0.4, 0.5) is 0 Å². The van der Waals surface area contributed by atoms with Gasteiger partial charge in [0.15, 0.2) is 0 Å². The largest absolute Gasteiger partial charge is 0.478 e. The number of aryl methyl sites for hydroxylation is 1. The summed E-state index contributed by atoms with van der Waals surface area (Å²) in [6, 6.07) is 3.23. The summed E-state index contributed by atoms with van der Waals surface area (Å²) < 4.78 is 0.379. The van der Waals surface area contributed by atoms with Gasteiger partial charge >= 0.3 is 5.97 Å². The summed E-state index contributed by atoms with van der Waals surface area (Å²) in [5.41, 5.74) is 0.631. The van der Waals surface area contributed by atoms with E-state index in [0.29, 0.717) is 10.2 Å². The Morgan fingerprint density at radius 1 is 1.77 bits per heavy atom. The molecular weight excluding hydrogens is 236 g/mol. The van der Waals surface area contributed by atoms with Crippen LogP contribution in [-0.4, -0.2) is 16.1 Å². The number of hydrogen-bond donors (Lipinski definition) is 1. The van der Waals surface area contributed by atoms with Crippen LogP contribution in [0.5, 0.6) is 0 Å². The average molecular weight is 241 g/mol. The zero-order valence-electron chi connectivity index (χ0n) is 6.71. The first-order valence-corrected chi connectivity index (χ1v) is 4.16. The lowest BCUT2D eigenvalue weighted by molar-refractivity contribution is 0.0694. The Hall–Kier alpha value is -1.41. The van der Waals surface area contributed by atoms with Crippen LogP contribution in [0, 0.1) is 18.3 Å². The van der Waals surface area contributed by atoms with Gasteiger partial charge in [0.05, 0.1) is 11.3 Å². The molecular formula is C8H5BrN2O2. The molecule has 0 saturated carbocycles. The van der Waals surface area contributed by atoms with E-state index in [-0.39, 0.29) is 11.3 Å². The Bertz CT molecular complexity index is 386. The summed E-state index contributed by atoms with van der Waals surface area (Å²) in [5.74, 6) is -1.05. The van der Waals surface area contributed by atoms with Crippen molar-refractivity contribution in [2.75, 3.05) is 0 Å². The quantitative estimate of drug-likeness (QED) is 0.812. The van der Waals surface area contributed by atoms with Crippen molar-refractivity contribution in [1.82, 2.24) is 4.98 Å². The maximum atomic E-state index is 10.7. The van der Waals surface area contributed by atoms with Gasteiger partial charge in [0.25, 0.3) is 0 Å². The van der Waals surface area contributed by atoms with Gasteiger partial charge in [-0.15, -0.1) is 0 Å². The normalized spacial score (nSPS) is 9.31. The third-order valence-corrected chi connectivity index (χ3v) is 2.11. The van der Waals surface area contributed by atoms with Crippen molar-refractivity contribution in [2.24, 2.45) is 0 Å². The molecule has 1 N–H and O–H groups in total. The number of pyridine rings is 1. The fraction of sp³-hybridized carbons (Fsp3) is 0.125. The number of nitriles is 1. The van der Waals surface area contributed by atoms with Crippen LogP contribution >= 0.6 is 15.9 Å². The molecule has 0 amide bonds. The summed E-state index contributed by atoms with van der Waals surface area (Å²) in [6.45, 7) is 1.55. The third kappa shape index (κ3) is 1.84. The van der Waals surface area contributed by atoms with Crippen molar-refractivity contribution in [3.05, 3.63) is 27.5 Å². The van der Waals surface area contributed by atoms with Crippen LogP contribution in [0.15, 0.2) is 10.5 Å². The molecule has 0 aliphatic rings. The smallest absolute Gasteiger partial charge is 0.338 e. The van der Waals surface area contributed by atoms with E-state index in [2.05, 4.69) is 20.9 Å². The monoisotopic (exact) mass is 240 g/mol. The molecule has 0 aliphatic carbocycles. The molecule has 0 unspecified atom stereocenters. The fourth-order valence-electron chi connectivity index (χ4n) is 0.948. The molecule has 4 nitrogen and oxygen atoms in total. The van der Waals surface area contributed by atoms with Crippen LogP contribution in [0.1, 0.15) is 21.7 Å². The second-order valence-corrected chi connectivity index (χ2v) is 3.22. The Balaban J connectivity index is 3.42. The molecule has 1 heterocycles. The first-order valence-electron chi connectivity index (χ1n) is 3.36. The first kappa shape index (κ1) is 9.68. The molecule has 0 aliphatic heterocycles. The Morgan fingerprint density at radius 2 is 2.38 bits per heavy atom. The lowest BCUT2D eigenvalue weighted by Crippen LogP contribution is -2.04. The number of aromatic nitrogens is 1. The number of carbonyl (C=O) groups is 1. The van der Waals surface area contributed by atoms with Crippen molar-refractivity contribution in [2.45, 2.75) is 6.92 Å². The fourth-order valence-corrected chi connectivity index (χ4v) is 1.62. The SMILES string of the molecule is Cc1nc(C#N)cc(Br)c1C(=O)O. The maximum Gasteiger partial charge on any atom is 0.338 e. The lowest BCUT2D eigenvalue weighted by Gasteiger charge is -2.02. The minimum Gasteiger partial charge on any atom is -0.478 e. The number of aromatic carboxylic acids is 1. The molecule has 5 heteroatoms. The van der Waals surface area contributed by atoms with Gasteiger partial charge in [-0.2, -0.15) is 5.26 Å². The summed E-state index contributed by atoms with van der Waals surface area (Å²) in [5, 5.41) is 17.3. The van der Waals surface area contributed by atoms with Crippen LogP contribution in [-0.2, 0) is 0 Å². The Kier molecular flexibility index (Phi) is 2.63. The van der Waals surface area contributed by atoms with Crippen LogP contribution in [0.3, 0.4) is 0 Å².